The van der Waals surface area contributed by atoms with E-state index in [0.717, 1.165) is 12.8 Å². The van der Waals surface area contributed by atoms with E-state index in [1.165, 1.54) is 12.4 Å². The number of hydrogen-bond acceptors (Lipinski definition) is 5. The minimum Gasteiger partial charge on any atom is -0.371 e. The maximum absolute atomic E-state index is 13.0. The number of imidazole rings is 1. The van der Waals surface area contributed by atoms with E-state index >= 15 is 0 Å². The highest BCUT2D eigenvalue weighted by Gasteiger charge is 2.48. The van der Waals surface area contributed by atoms with Crippen molar-refractivity contribution in [2.75, 3.05) is 31.2 Å². The number of H-pyrrole nitrogens is 1. The molecule has 148 valence electrons. The summed E-state index contributed by atoms with van der Waals surface area (Å²) in [5.41, 5.74) is -0.450. The number of aromatic amines is 1. The molecule has 3 fully saturated rings. The molecule has 4 rings (SSSR count). The van der Waals surface area contributed by atoms with E-state index in [2.05, 4.69) is 21.3 Å². The van der Waals surface area contributed by atoms with Crippen LogP contribution in [-0.4, -0.2) is 67.7 Å². The van der Waals surface area contributed by atoms with Crippen LogP contribution >= 0.6 is 0 Å². The van der Waals surface area contributed by atoms with E-state index in [0.29, 0.717) is 50.0 Å². The molecule has 27 heavy (non-hydrogen) atoms. The Morgan fingerprint density at radius 2 is 2.22 bits per heavy atom. The number of nitrogens with zero attached hydrogens (tertiary/aromatic N) is 3. The number of rotatable bonds is 3. The first kappa shape index (κ1) is 18.6. The molecule has 9 heteroatoms. The van der Waals surface area contributed by atoms with E-state index in [-0.39, 0.29) is 17.6 Å². The molecule has 1 aromatic heterocycles. The predicted molar refractivity (Wildman–Crippen MR) is 99.6 cm³/mol. The number of ether oxygens (including phenoxy) is 1. The summed E-state index contributed by atoms with van der Waals surface area (Å²) in [7, 11) is -2.61. The van der Waals surface area contributed by atoms with Crippen LogP contribution in [0.3, 0.4) is 0 Å². The Morgan fingerprint density at radius 1 is 1.44 bits per heavy atom. The zero-order chi connectivity index (χ0) is 19.1. The first-order valence-corrected chi connectivity index (χ1v) is 11.5. The van der Waals surface area contributed by atoms with Crippen molar-refractivity contribution >= 4 is 21.5 Å². The Morgan fingerprint density at radius 3 is 2.85 bits per heavy atom. The summed E-state index contributed by atoms with van der Waals surface area (Å²) in [6, 6.07) is 0. The van der Waals surface area contributed by atoms with Gasteiger partial charge in [-0.15, -0.1) is 0 Å². The molecular formula is C18H26N4O4S. The number of nitrogens with one attached hydrogen (secondary N) is 1. The topological polar surface area (TPSA) is 105 Å². The highest BCUT2D eigenvalue weighted by Crippen LogP contribution is 2.43. The number of carbonyl (C=O) groups is 2. The SMILES string of the molecule is CCC1CC1C(=O)N1CCOC2(CCS(=O)(=NC(=O)c3ncc[nH]3)CC2)C1. The molecule has 2 atom stereocenters. The lowest BCUT2D eigenvalue weighted by atomic mass is 9.94. The maximum Gasteiger partial charge on any atom is 0.320 e. The van der Waals surface area contributed by atoms with Crippen LogP contribution in [0.2, 0.25) is 0 Å². The average Bonchev–Trinajstić information content (AvgIpc) is 3.25. The number of amides is 2. The monoisotopic (exact) mass is 394 g/mol. The first-order valence-electron chi connectivity index (χ1n) is 9.63. The van der Waals surface area contributed by atoms with Gasteiger partial charge in [0.15, 0.2) is 5.82 Å². The largest absolute Gasteiger partial charge is 0.371 e. The fourth-order valence-corrected chi connectivity index (χ4v) is 6.31. The van der Waals surface area contributed by atoms with E-state index in [1.807, 2.05) is 4.90 Å². The van der Waals surface area contributed by atoms with Crippen molar-refractivity contribution in [2.24, 2.45) is 16.2 Å². The van der Waals surface area contributed by atoms with Gasteiger partial charge in [0.1, 0.15) is 0 Å². The zero-order valence-electron chi connectivity index (χ0n) is 15.6. The molecule has 0 aromatic carbocycles. The molecule has 2 saturated heterocycles. The van der Waals surface area contributed by atoms with Crippen LogP contribution in [0.1, 0.15) is 43.2 Å². The lowest BCUT2D eigenvalue weighted by molar-refractivity contribution is -0.153. The van der Waals surface area contributed by atoms with Crippen LogP contribution in [-0.2, 0) is 19.3 Å². The second kappa shape index (κ2) is 7.01. The van der Waals surface area contributed by atoms with Crippen LogP contribution in [0, 0.1) is 11.8 Å². The third kappa shape index (κ3) is 3.80. The lowest BCUT2D eigenvalue weighted by Gasteiger charge is -2.45. The number of morpholine rings is 1. The molecular weight excluding hydrogens is 368 g/mol. The van der Waals surface area contributed by atoms with Gasteiger partial charge in [-0.25, -0.2) is 9.19 Å². The summed E-state index contributed by atoms with van der Waals surface area (Å²) in [4.78, 5) is 33.3. The summed E-state index contributed by atoms with van der Waals surface area (Å²) in [6.45, 7) is 3.83. The smallest absolute Gasteiger partial charge is 0.320 e. The highest BCUT2D eigenvalue weighted by molar-refractivity contribution is 7.93. The van der Waals surface area contributed by atoms with Crippen LogP contribution in [0.4, 0.5) is 0 Å². The maximum atomic E-state index is 13.0. The van der Waals surface area contributed by atoms with Gasteiger partial charge in [-0.05, 0) is 25.2 Å². The third-order valence-electron chi connectivity index (χ3n) is 6.03. The van der Waals surface area contributed by atoms with Gasteiger partial charge in [-0.1, -0.05) is 13.3 Å². The molecule has 2 unspecified atom stereocenters. The van der Waals surface area contributed by atoms with E-state index < -0.39 is 21.2 Å². The van der Waals surface area contributed by atoms with Gasteiger partial charge in [-0.2, -0.15) is 4.36 Å². The predicted octanol–water partition coefficient (Wildman–Crippen LogP) is 1.46. The van der Waals surface area contributed by atoms with Crippen molar-refractivity contribution in [1.82, 2.24) is 14.9 Å². The Balaban J connectivity index is 1.41. The molecule has 1 aromatic rings. The van der Waals surface area contributed by atoms with E-state index in [9.17, 15) is 13.8 Å². The lowest BCUT2D eigenvalue weighted by Crippen LogP contribution is -2.57. The standard InChI is InChI=1S/C18H26N4O4S/c1-2-13-11-14(13)17(24)22-7-8-26-18(12-22)3-9-27(25,10-4-18)21-16(23)15-19-5-6-20-15/h5-6,13-14H,2-4,7-12H2,1H3,(H,19,20). The van der Waals surface area contributed by atoms with E-state index in [1.54, 1.807) is 0 Å². The molecule has 2 amide bonds. The molecule has 1 N–H and O–H groups in total. The Hall–Kier alpha value is -1.74. The summed E-state index contributed by atoms with van der Waals surface area (Å²) in [5.74, 6) is 1.12. The second-order valence-corrected chi connectivity index (χ2v) is 10.4. The van der Waals surface area contributed by atoms with Crippen molar-refractivity contribution in [1.29, 1.82) is 0 Å². The number of aromatic nitrogens is 2. The molecule has 1 aliphatic carbocycles. The quantitative estimate of drug-likeness (QED) is 0.836. The van der Waals surface area contributed by atoms with Crippen LogP contribution in [0.15, 0.2) is 16.8 Å². The third-order valence-corrected chi connectivity index (χ3v) is 8.21. The van der Waals surface area contributed by atoms with Crippen LogP contribution in [0.25, 0.3) is 0 Å². The molecule has 3 aliphatic rings. The van der Waals surface area contributed by atoms with Gasteiger partial charge < -0.3 is 14.6 Å². The first-order chi connectivity index (χ1) is 12.9. The van der Waals surface area contributed by atoms with Crippen molar-refractivity contribution in [3.63, 3.8) is 0 Å². The average molecular weight is 394 g/mol. The number of carbonyl (C=O) groups excluding carboxylic acids is 2. The van der Waals surface area contributed by atoms with Gasteiger partial charge in [0.05, 0.1) is 21.9 Å². The van der Waals surface area contributed by atoms with Gasteiger partial charge in [-0.3, -0.25) is 9.59 Å². The Kier molecular flexibility index (Phi) is 4.84. The minimum absolute atomic E-state index is 0.110. The van der Waals surface area contributed by atoms with Gasteiger partial charge in [0.25, 0.3) is 0 Å². The minimum atomic E-state index is -2.61. The highest BCUT2D eigenvalue weighted by atomic mass is 32.2. The molecule has 0 bridgehead atoms. The summed E-state index contributed by atoms with van der Waals surface area (Å²) >= 11 is 0. The molecule has 2 aliphatic heterocycles. The van der Waals surface area contributed by atoms with Gasteiger partial charge >= 0.3 is 5.91 Å². The van der Waals surface area contributed by atoms with Crippen molar-refractivity contribution in [3.05, 3.63) is 18.2 Å². The molecule has 3 heterocycles. The summed E-state index contributed by atoms with van der Waals surface area (Å²) in [6.07, 6.45) is 6.16. The van der Waals surface area contributed by atoms with Gasteiger partial charge in [0, 0.05) is 42.9 Å². The van der Waals surface area contributed by atoms with Crippen LogP contribution < -0.4 is 0 Å². The van der Waals surface area contributed by atoms with Crippen molar-refractivity contribution in [2.45, 2.75) is 38.2 Å². The molecule has 0 radical (unpaired) electrons. The molecule has 1 spiro atoms. The van der Waals surface area contributed by atoms with Crippen molar-refractivity contribution < 1.29 is 18.5 Å². The normalized spacial score (nSPS) is 35.8. The number of hydrogen-bond donors (Lipinski definition) is 1. The van der Waals surface area contributed by atoms with E-state index in [4.69, 9.17) is 4.74 Å². The second-order valence-electron chi connectivity index (χ2n) is 7.82. The fraction of sp³-hybridized carbons (Fsp3) is 0.722. The Labute approximate surface area is 159 Å². The molecule has 8 nitrogen and oxygen atoms in total. The zero-order valence-corrected chi connectivity index (χ0v) is 16.4. The summed E-state index contributed by atoms with van der Waals surface area (Å²) < 4.78 is 23.0. The van der Waals surface area contributed by atoms with Gasteiger partial charge in [0.2, 0.25) is 5.91 Å². The Bertz CT molecular complexity index is 830. The fourth-order valence-electron chi connectivity index (χ4n) is 4.16. The molecule has 1 saturated carbocycles. The van der Waals surface area contributed by atoms with Crippen molar-refractivity contribution in [3.8, 4) is 0 Å². The summed E-state index contributed by atoms with van der Waals surface area (Å²) in [5, 5.41) is 0. The van der Waals surface area contributed by atoms with Crippen LogP contribution in [0.5, 0.6) is 0 Å².